The number of ether oxygens (including phenoxy) is 1. The van der Waals surface area contributed by atoms with Crippen LogP contribution < -0.4 is 4.74 Å². The van der Waals surface area contributed by atoms with Gasteiger partial charge in [-0.3, -0.25) is 0 Å². The van der Waals surface area contributed by atoms with E-state index in [4.69, 9.17) is 4.74 Å². The van der Waals surface area contributed by atoms with Gasteiger partial charge >= 0.3 is 0 Å². The highest BCUT2D eigenvalue weighted by atomic mass is 28.3. The number of rotatable bonds is 3. The van der Waals surface area contributed by atoms with E-state index in [0.29, 0.717) is 0 Å². The van der Waals surface area contributed by atoms with Gasteiger partial charge in [0.15, 0.2) is 0 Å². The smallest absolute Gasteiger partial charge is 0.121 e. The van der Waals surface area contributed by atoms with E-state index in [-0.39, 0.29) is 8.80 Å². The van der Waals surface area contributed by atoms with Crippen molar-refractivity contribution in [2.45, 2.75) is 19.1 Å². The Bertz CT molecular complexity index is 245. The maximum Gasteiger partial charge on any atom is 0.121 e. The van der Waals surface area contributed by atoms with Crippen LogP contribution in [0.15, 0.2) is 24.3 Å². The zero-order valence-electron chi connectivity index (χ0n) is 7.92. The van der Waals surface area contributed by atoms with Crippen LogP contribution in [0.4, 0.5) is 0 Å². The van der Waals surface area contributed by atoms with Gasteiger partial charge in [-0.2, -0.15) is 0 Å². The van der Waals surface area contributed by atoms with Crippen LogP contribution in [-0.2, 0) is 6.04 Å². The molecule has 0 heterocycles. The lowest BCUT2D eigenvalue weighted by Crippen LogP contribution is -2.06. The molecule has 1 aromatic rings. The van der Waals surface area contributed by atoms with E-state index in [0.717, 1.165) is 5.75 Å². The molecule has 0 aliphatic heterocycles. The molecule has 0 N–H and O–H groups in total. The van der Waals surface area contributed by atoms with Gasteiger partial charge in [0.1, 0.15) is 5.75 Å². The van der Waals surface area contributed by atoms with Crippen molar-refractivity contribution in [3.05, 3.63) is 29.8 Å². The molecule has 1 radical (unpaired) electrons. The van der Waals surface area contributed by atoms with E-state index in [9.17, 15) is 0 Å². The first kappa shape index (κ1) is 9.33. The van der Waals surface area contributed by atoms with Crippen LogP contribution in [0.25, 0.3) is 0 Å². The molecule has 1 aromatic carbocycles. The normalized spacial score (nSPS) is 10.3. The fraction of sp³-hybridized carbons (Fsp3) is 0.400. The summed E-state index contributed by atoms with van der Waals surface area (Å²) in [5.74, 6) is 1.03. The van der Waals surface area contributed by atoms with Gasteiger partial charge in [0.25, 0.3) is 0 Å². The summed E-state index contributed by atoms with van der Waals surface area (Å²) in [5, 5.41) is 0. The molecule has 0 aliphatic rings. The molecule has 0 atom stereocenters. The summed E-state index contributed by atoms with van der Waals surface area (Å²) in [7, 11) is 1.53. The lowest BCUT2D eigenvalue weighted by atomic mass is 10.2. The summed E-state index contributed by atoms with van der Waals surface area (Å²) in [4.78, 5) is 0. The van der Waals surface area contributed by atoms with Crippen LogP contribution in [0, 0.1) is 0 Å². The molecule has 0 aliphatic carbocycles. The third-order valence-corrected chi connectivity index (χ3v) is 2.82. The Balaban J connectivity index is 2.82. The fourth-order valence-corrected chi connectivity index (χ4v) is 2.28. The third kappa shape index (κ3) is 2.38. The van der Waals surface area contributed by atoms with Crippen molar-refractivity contribution in [2.75, 3.05) is 7.11 Å². The van der Waals surface area contributed by atoms with E-state index in [2.05, 4.69) is 25.2 Å². The molecule has 0 amide bonds. The topological polar surface area (TPSA) is 9.23 Å². The predicted molar refractivity (Wildman–Crippen MR) is 54.2 cm³/mol. The number of hydrogen-bond acceptors (Lipinski definition) is 1. The minimum absolute atomic E-state index is 0.199. The van der Waals surface area contributed by atoms with Crippen LogP contribution in [-0.4, -0.2) is 15.9 Å². The van der Waals surface area contributed by atoms with E-state index < -0.39 is 0 Å². The predicted octanol–water partition coefficient (Wildman–Crippen LogP) is 2.53. The van der Waals surface area contributed by atoms with Crippen LogP contribution in [0.1, 0.15) is 5.56 Å². The zero-order valence-corrected chi connectivity index (χ0v) is 8.92. The average Bonchev–Trinajstić information content (AvgIpc) is 2.04. The first-order chi connectivity index (χ1) is 5.74. The highest BCUT2D eigenvalue weighted by Gasteiger charge is 2.03. The number of para-hydroxylation sites is 1. The van der Waals surface area contributed by atoms with Crippen molar-refractivity contribution in [1.82, 2.24) is 0 Å². The lowest BCUT2D eigenvalue weighted by Gasteiger charge is -2.08. The summed E-state index contributed by atoms with van der Waals surface area (Å²) in [6.07, 6.45) is 0. The SMILES string of the molecule is COc1ccccc1C[Si](C)C. The first-order valence-corrected chi connectivity index (χ1v) is 6.85. The molecular weight excluding hydrogens is 164 g/mol. The maximum atomic E-state index is 5.26. The van der Waals surface area contributed by atoms with Crippen molar-refractivity contribution in [3.8, 4) is 5.75 Å². The Labute approximate surface area is 76.0 Å². The molecule has 0 fully saturated rings. The fourth-order valence-electron chi connectivity index (χ4n) is 1.23. The molecule has 12 heavy (non-hydrogen) atoms. The van der Waals surface area contributed by atoms with Gasteiger partial charge in [-0.05, 0) is 17.7 Å². The second-order valence-corrected chi connectivity index (χ2v) is 5.96. The molecule has 1 nitrogen and oxygen atoms in total. The van der Waals surface area contributed by atoms with Crippen molar-refractivity contribution in [3.63, 3.8) is 0 Å². The quantitative estimate of drug-likeness (QED) is 0.648. The largest absolute Gasteiger partial charge is 0.496 e. The molecule has 1 rings (SSSR count). The lowest BCUT2D eigenvalue weighted by molar-refractivity contribution is 0.411. The van der Waals surface area contributed by atoms with E-state index in [1.165, 1.54) is 11.6 Å². The van der Waals surface area contributed by atoms with Gasteiger partial charge < -0.3 is 4.74 Å². The van der Waals surface area contributed by atoms with Gasteiger partial charge in [-0.25, -0.2) is 0 Å². The second-order valence-electron chi connectivity index (χ2n) is 3.20. The van der Waals surface area contributed by atoms with E-state index in [1.807, 2.05) is 12.1 Å². The minimum atomic E-state index is -0.199. The molecule has 0 saturated carbocycles. The molecule has 0 saturated heterocycles. The molecular formula is C10H15OSi. The molecule has 2 heteroatoms. The number of methoxy groups -OCH3 is 1. The van der Waals surface area contributed by atoms with E-state index >= 15 is 0 Å². The first-order valence-electron chi connectivity index (χ1n) is 4.15. The van der Waals surface area contributed by atoms with Crippen LogP contribution in [0.5, 0.6) is 5.75 Å². The highest BCUT2D eigenvalue weighted by Crippen LogP contribution is 2.18. The summed E-state index contributed by atoms with van der Waals surface area (Å²) < 4.78 is 5.26. The zero-order chi connectivity index (χ0) is 8.97. The minimum Gasteiger partial charge on any atom is -0.496 e. The van der Waals surface area contributed by atoms with Gasteiger partial charge in [0.2, 0.25) is 0 Å². The molecule has 0 unspecified atom stereocenters. The Morgan fingerprint density at radius 1 is 1.25 bits per heavy atom. The van der Waals surface area contributed by atoms with Gasteiger partial charge in [0, 0.05) is 8.80 Å². The molecule has 65 valence electrons. The van der Waals surface area contributed by atoms with Crippen LogP contribution in [0.2, 0.25) is 13.1 Å². The Kier molecular flexibility index (Phi) is 3.35. The standard InChI is InChI=1S/C10H15OSi/c1-11-10-7-5-4-6-9(10)8-12(2)3/h4-7H,8H2,1-3H3. The summed E-state index contributed by atoms with van der Waals surface area (Å²) >= 11 is 0. The van der Waals surface area contributed by atoms with Crippen molar-refractivity contribution >= 4 is 8.80 Å². The summed E-state index contributed by atoms with van der Waals surface area (Å²) in [6.45, 7) is 4.63. The van der Waals surface area contributed by atoms with Crippen molar-refractivity contribution in [2.24, 2.45) is 0 Å². The Morgan fingerprint density at radius 2 is 1.92 bits per heavy atom. The summed E-state index contributed by atoms with van der Waals surface area (Å²) in [5.41, 5.74) is 1.35. The highest BCUT2D eigenvalue weighted by molar-refractivity contribution is 6.55. The van der Waals surface area contributed by atoms with Gasteiger partial charge in [0.05, 0.1) is 7.11 Å². The van der Waals surface area contributed by atoms with Gasteiger partial charge in [-0.15, -0.1) is 0 Å². The van der Waals surface area contributed by atoms with Crippen molar-refractivity contribution in [1.29, 1.82) is 0 Å². The maximum absolute atomic E-state index is 5.26. The van der Waals surface area contributed by atoms with E-state index in [1.54, 1.807) is 7.11 Å². The van der Waals surface area contributed by atoms with Crippen molar-refractivity contribution < 1.29 is 4.74 Å². The van der Waals surface area contributed by atoms with Gasteiger partial charge in [-0.1, -0.05) is 31.3 Å². The Hall–Kier alpha value is -0.763. The monoisotopic (exact) mass is 179 g/mol. The summed E-state index contributed by atoms with van der Waals surface area (Å²) in [6, 6.07) is 9.45. The average molecular weight is 179 g/mol. The second kappa shape index (κ2) is 4.31. The Morgan fingerprint density at radius 3 is 2.50 bits per heavy atom. The molecule has 0 bridgehead atoms. The molecule has 0 aromatic heterocycles. The number of hydrogen-bond donors (Lipinski definition) is 0. The molecule has 0 spiro atoms. The third-order valence-electron chi connectivity index (χ3n) is 1.74. The van der Waals surface area contributed by atoms with Crippen LogP contribution in [0.3, 0.4) is 0 Å². The van der Waals surface area contributed by atoms with Crippen LogP contribution >= 0.6 is 0 Å². The number of benzene rings is 1.